The van der Waals surface area contributed by atoms with Crippen LogP contribution in [0.2, 0.25) is 0 Å². The van der Waals surface area contributed by atoms with Gasteiger partial charge in [0.1, 0.15) is 0 Å². The molecule has 1 fully saturated rings. The van der Waals surface area contributed by atoms with Gasteiger partial charge >= 0.3 is 6.03 Å². The van der Waals surface area contributed by atoms with Crippen molar-refractivity contribution in [3.05, 3.63) is 0 Å². The Morgan fingerprint density at radius 2 is 1.82 bits per heavy atom. The molecule has 1 aliphatic rings. The molecule has 0 unspecified atom stereocenters. The topological polar surface area (TPSA) is 67.6 Å². The fraction of sp³-hybridized carbons (Fsp3) is 0.941. The molecule has 0 aromatic carbocycles. The van der Waals surface area contributed by atoms with E-state index in [2.05, 4.69) is 5.32 Å². The smallest absolute Gasteiger partial charge is 0.336 e. The minimum absolute atomic E-state index is 0.0970. The Labute approximate surface area is 135 Å². The Bertz CT molecular complexity index is 281. The van der Waals surface area contributed by atoms with E-state index in [4.69, 9.17) is 10.6 Å². The number of rotatable bonds is 11. The number of nitrogens with one attached hydrogen (secondary N) is 1. The van der Waals surface area contributed by atoms with Crippen LogP contribution in [0.5, 0.6) is 0 Å². The number of urea groups is 1. The van der Waals surface area contributed by atoms with Crippen molar-refractivity contribution in [2.45, 2.75) is 71.1 Å². The number of hydrogen-bond acceptors (Lipinski definition) is 3. The van der Waals surface area contributed by atoms with E-state index in [9.17, 15) is 4.79 Å². The zero-order valence-corrected chi connectivity index (χ0v) is 14.3. The van der Waals surface area contributed by atoms with Crippen LogP contribution in [-0.2, 0) is 4.84 Å². The van der Waals surface area contributed by atoms with E-state index in [1.54, 1.807) is 5.06 Å². The molecule has 0 saturated heterocycles. The lowest BCUT2D eigenvalue weighted by molar-refractivity contribution is -0.132. The van der Waals surface area contributed by atoms with Gasteiger partial charge in [0.05, 0.1) is 13.2 Å². The van der Waals surface area contributed by atoms with Crippen LogP contribution in [0.3, 0.4) is 0 Å². The van der Waals surface area contributed by atoms with Gasteiger partial charge in [0.2, 0.25) is 0 Å². The lowest BCUT2D eigenvalue weighted by Crippen LogP contribution is -2.41. The third-order valence-corrected chi connectivity index (χ3v) is 4.31. The Hall–Kier alpha value is -0.810. The summed E-state index contributed by atoms with van der Waals surface area (Å²) < 4.78 is 0. The average Bonchev–Trinajstić information content (AvgIpc) is 2.54. The molecule has 22 heavy (non-hydrogen) atoms. The zero-order valence-electron chi connectivity index (χ0n) is 14.3. The Morgan fingerprint density at radius 3 is 2.50 bits per heavy atom. The SMILES string of the molecule is CCNC(=O)N(CCCCCCCN)OCC1CCCCC1. The fourth-order valence-electron chi connectivity index (χ4n) is 2.94. The van der Waals surface area contributed by atoms with Gasteiger partial charge < -0.3 is 11.1 Å². The first-order chi connectivity index (χ1) is 10.8. The highest BCUT2D eigenvalue weighted by atomic mass is 16.7. The summed E-state index contributed by atoms with van der Waals surface area (Å²) in [5, 5.41) is 4.38. The molecule has 0 aliphatic heterocycles. The Balaban J connectivity index is 2.24. The summed E-state index contributed by atoms with van der Waals surface area (Å²) in [6, 6.07) is -0.0970. The van der Waals surface area contributed by atoms with Gasteiger partial charge in [-0.3, -0.25) is 4.84 Å². The van der Waals surface area contributed by atoms with Crippen LogP contribution in [-0.4, -0.2) is 37.3 Å². The van der Waals surface area contributed by atoms with Crippen molar-refractivity contribution in [2.75, 3.05) is 26.2 Å². The minimum atomic E-state index is -0.0970. The van der Waals surface area contributed by atoms with Gasteiger partial charge in [-0.25, -0.2) is 9.86 Å². The molecular weight excluding hydrogens is 278 g/mol. The van der Waals surface area contributed by atoms with Gasteiger partial charge in [0.25, 0.3) is 0 Å². The molecule has 0 spiro atoms. The zero-order chi connectivity index (χ0) is 16.0. The molecule has 5 heteroatoms. The number of unbranched alkanes of at least 4 members (excludes halogenated alkanes) is 4. The number of amides is 2. The molecule has 1 rings (SSSR count). The van der Waals surface area contributed by atoms with Crippen molar-refractivity contribution in [1.29, 1.82) is 0 Å². The largest absolute Gasteiger partial charge is 0.341 e. The number of carbonyl (C=O) groups is 1. The van der Waals surface area contributed by atoms with Gasteiger partial charge in [-0.1, -0.05) is 38.5 Å². The first-order valence-corrected chi connectivity index (χ1v) is 9.16. The molecule has 0 bridgehead atoms. The minimum Gasteiger partial charge on any atom is -0.336 e. The highest BCUT2D eigenvalue weighted by Gasteiger charge is 2.18. The van der Waals surface area contributed by atoms with Crippen molar-refractivity contribution in [1.82, 2.24) is 10.4 Å². The van der Waals surface area contributed by atoms with Crippen molar-refractivity contribution < 1.29 is 9.63 Å². The predicted octanol–water partition coefficient (Wildman–Crippen LogP) is 3.44. The van der Waals surface area contributed by atoms with E-state index in [1.807, 2.05) is 6.92 Å². The monoisotopic (exact) mass is 313 g/mol. The van der Waals surface area contributed by atoms with Crippen LogP contribution in [0.1, 0.15) is 71.1 Å². The highest BCUT2D eigenvalue weighted by molar-refractivity contribution is 5.72. The Kier molecular flexibility index (Phi) is 11.1. The van der Waals surface area contributed by atoms with Crippen molar-refractivity contribution in [2.24, 2.45) is 11.7 Å². The molecule has 5 nitrogen and oxygen atoms in total. The fourth-order valence-corrected chi connectivity index (χ4v) is 2.94. The quantitative estimate of drug-likeness (QED) is 0.453. The van der Waals surface area contributed by atoms with Gasteiger partial charge in [-0.05, 0) is 45.1 Å². The second-order valence-corrected chi connectivity index (χ2v) is 6.29. The van der Waals surface area contributed by atoms with E-state index in [0.29, 0.717) is 25.6 Å². The maximum atomic E-state index is 12.1. The number of hydroxylamine groups is 2. The molecule has 3 N–H and O–H groups in total. The number of carbonyl (C=O) groups excluding carboxylic acids is 1. The number of hydrogen-bond donors (Lipinski definition) is 2. The molecule has 2 amide bonds. The summed E-state index contributed by atoms with van der Waals surface area (Å²) in [5.41, 5.74) is 5.49. The second-order valence-electron chi connectivity index (χ2n) is 6.29. The molecule has 0 aromatic rings. The van der Waals surface area contributed by atoms with Gasteiger partial charge in [-0.2, -0.15) is 0 Å². The van der Waals surface area contributed by atoms with Gasteiger partial charge in [0, 0.05) is 6.54 Å². The molecule has 1 saturated carbocycles. The summed E-state index contributed by atoms with van der Waals surface area (Å²) >= 11 is 0. The van der Waals surface area contributed by atoms with Crippen LogP contribution in [0, 0.1) is 5.92 Å². The van der Waals surface area contributed by atoms with E-state index >= 15 is 0 Å². The first-order valence-electron chi connectivity index (χ1n) is 9.16. The normalized spacial score (nSPS) is 15.7. The average molecular weight is 313 g/mol. The maximum absolute atomic E-state index is 12.1. The van der Waals surface area contributed by atoms with Gasteiger partial charge in [-0.15, -0.1) is 0 Å². The summed E-state index contributed by atoms with van der Waals surface area (Å²) in [6.07, 6.45) is 12.0. The Morgan fingerprint density at radius 1 is 1.14 bits per heavy atom. The molecule has 0 heterocycles. The second kappa shape index (κ2) is 12.7. The van der Waals surface area contributed by atoms with Crippen LogP contribution in [0.25, 0.3) is 0 Å². The lowest BCUT2D eigenvalue weighted by atomic mass is 9.90. The highest BCUT2D eigenvalue weighted by Crippen LogP contribution is 2.24. The van der Waals surface area contributed by atoms with Crippen molar-refractivity contribution >= 4 is 6.03 Å². The lowest BCUT2D eigenvalue weighted by Gasteiger charge is -2.26. The van der Waals surface area contributed by atoms with Crippen LogP contribution < -0.4 is 11.1 Å². The number of nitrogens with two attached hydrogens (primary N) is 1. The van der Waals surface area contributed by atoms with E-state index in [0.717, 1.165) is 25.8 Å². The van der Waals surface area contributed by atoms with E-state index < -0.39 is 0 Å². The molecule has 0 atom stereocenters. The first kappa shape index (κ1) is 19.2. The summed E-state index contributed by atoms with van der Waals surface area (Å²) in [5.74, 6) is 0.621. The maximum Gasteiger partial charge on any atom is 0.341 e. The van der Waals surface area contributed by atoms with Crippen molar-refractivity contribution in [3.8, 4) is 0 Å². The van der Waals surface area contributed by atoms with E-state index in [-0.39, 0.29) is 6.03 Å². The van der Waals surface area contributed by atoms with Crippen LogP contribution >= 0.6 is 0 Å². The van der Waals surface area contributed by atoms with E-state index in [1.165, 1.54) is 44.9 Å². The van der Waals surface area contributed by atoms with Crippen LogP contribution in [0.15, 0.2) is 0 Å². The number of nitrogens with zero attached hydrogens (tertiary/aromatic N) is 1. The molecule has 130 valence electrons. The molecule has 0 radical (unpaired) electrons. The molecular formula is C17H35N3O2. The van der Waals surface area contributed by atoms with Crippen molar-refractivity contribution in [3.63, 3.8) is 0 Å². The molecule has 1 aliphatic carbocycles. The van der Waals surface area contributed by atoms with Crippen LogP contribution in [0.4, 0.5) is 4.79 Å². The summed E-state index contributed by atoms with van der Waals surface area (Å²) in [4.78, 5) is 17.9. The summed E-state index contributed by atoms with van der Waals surface area (Å²) in [6.45, 7) is 4.71. The van der Waals surface area contributed by atoms with Gasteiger partial charge in [0.15, 0.2) is 0 Å². The standard InChI is InChI=1S/C17H35N3O2/c1-2-19-17(21)20(14-10-5-3-4-9-13-18)22-15-16-11-7-6-8-12-16/h16H,2-15,18H2,1H3,(H,19,21). The summed E-state index contributed by atoms with van der Waals surface area (Å²) in [7, 11) is 0. The third-order valence-electron chi connectivity index (χ3n) is 4.31. The third kappa shape index (κ3) is 8.59. The predicted molar refractivity (Wildman–Crippen MR) is 90.4 cm³/mol. The molecule has 0 aromatic heterocycles.